The molecule has 0 bridgehead atoms. The second-order valence-corrected chi connectivity index (χ2v) is 7.96. The van der Waals surface area contributed by atoms with Gasteiger partial charge in [-0.05, 0) is 26.8 Å². The fourth-order valence-corrected chi connectivity index (χ4v) is 3.25. The molecule has 4 heterocycles. The lowest BCUT2D eigenvalue weighted by Crippen LogP contribution is -2.50. The number of fused-ring (bicyclic) bond motifs is 1. The third-order valence-electron chi connectivity index (χ3n) is 4.62. The molecule has 3 aromatic heterocycles. The van der Waals surface area contributed by atoms with Crippen LogP contribution in [0.5, 0.6) is 0 Å². The smallest absolute Gasteiger partial charge is 0.410 e. The summed E-state index contributed by atoms with van der Waals surface area (Å²) in [5, 5.41) is 4.19. The van der Waals surface area contributed by atoms with Crippen LogP contribution in [0.1, 0.15) is 20.8 Å². The van der Waals surface area contributed by atoms with Crippen LogP contribution in [0, 0.1) is 0 Å². The van der Waals surface area contributed by atoms with Crippen molar-refractivity contribution in [1.29, 1.82) is 0 Å². The summed E-state index contributed by atoms with van der Waals surface area (Å²) >= 11 is 0. The molecule has 0 radical (unpaired) electrons. The number of hydrogen-bond acceptors (Lipinski definition) is 6. The lowest BCUT2D eigenvalue weighted by Gasteiger charge is -2.36. The average molecular weight is 383 g/mol. The molecule has 0 atom stereocenters. The molecular weight excluding hydrogens is 358 g/mol. The number of aromatic nitrogens is 5. The maximum absolute atomic E-state index is 12.2. The van der Waals surface area contributed by atoms with Crippen molar-refractivity contribution in [2.45, 2.75) is 26.4 Å². The van der Waals surface area contributed by atoms with Gasteiger partial charge in [-0.15, -0.1) is 0 Å². The van der Waals surface area contributed by atoms with Crippen molar-refractivity contribution >= 4 is 17.7 Å². The van der Waals surface area contributed by atoms with E-state index >= 15 is 0 Å². The predicted molar refractivity (Wildman–Crippen MR) is 105 cm³/mol. The van der Waals surface area contributed by atoms with E-state index in [0.717, 1.165) is 30.2 Å². The largest absolute Gasteiger partial charge is 0.444 e. The van der Waals surface area contributed by atoms with Gasteiger partial charge < -0.3 is 14.5 Å². The lowest BCUT2D eigenvalue weighted by atomic mass is 10.2. The Morgan fingerprint density at radius 2 is 1.89 bits per heavy atom. The number of imidazole rings is 1. The number of ether oxygens (including phenoxy) is 1. The normalized spacial score (nSPS) is 15.3. The molecule has 28 heavy (non-hydrogen) atoms. The van der Waals surface area contributed by atoms with Crippen molar-refractivity contribution in [3.63, 3.8) is 0 Å². The fraction of sp³-hybridized carbons (Fsp3) is 0.474. The number of nitrogens with zero attached hydrogens (tertiary/aromatic N) is 7. The molecule has 9 heteroatoms. The molecule has 0 aromatic carbocycles. The molecule has 0 unspecified atom stereocenters. The highest BCUT2D eigenvalue weighted by Crippen LogP contribution is 2.22. The Hall–Kier alpha value is -3.10. The zero-order chi connectivity index (χ0) is 19.9. The van der Waals surface area contributed by atoms with E-state index in [0.29, 0.717) is 18.9 Å². The second-order valence-electron chi connectivity index (χ2n) is 7.96. The van der Waals surface area contributed by atoms with Crippen LogP contribution in [0.3, 0.4) is 0 Å². The molecule has 4 rings (SSSR count). The molecule has 1 aliphatic rings. The summed E-state index contributed by atoms with van der Waals surface area (Å²) in [6.07, 6.45) is 7.27. The van der Waals surface area contributed by atoms with Gasteiger partial charge >= 0.3 is 6.09 Å². The summed E-state index contributed by atoms with van der Waals surface area (Å²) in [6, 6.07) is 1.96. The van der Waals surface area contributed by atoms with Gasteiger partial charge in [-0.2, -0.15) is 5.10 Å². The number of piperazine rings is 1. The third kappa shape index (κ3) is 3.64. The van der Waals surface area contributed by atoms with Crippen LogP contribution in [0.15, 0.2) is 30.9 Å². The molecule has 0 N–H and O–H groups in total. The lowest BCUT2D eigenvalue weighted by molar-refractivity contribution is 0.0240. The van der Waals surface area contributed by atoms with Gasteiger partial charge in [-0.25, -0.2) is 14.8 Å². The molecule has 3 aromatic rings. The molecule has 1 aliphatic heterocycles. The molecule has 148 valence electrons. The molecule has 0 saturated carbocycles. The van der Waals surface area contributed by atoms with Crippen LogP contribution >= 0.6 is 0 Å². The van der Waals surface area contributed by atoms with Gasteiger partial charge in [-0.1, -0.05) is 0 Å². The Bertz CT molecular complexity index is 993. The van der Waals surface area contributed by atoms with Crippen LogP contribution in [0.2, 0.25) is 0 Å². The summed E-state index contributed by atoms with van der Waals surface area (Å²) in [6.45, 7) is 8.31. The summed E-state index contributed by atoms with van der Waals surface area (Å²) in [5.41, 5.74) is 1.32. The number of hydrogen-bond donors (Lipinski definition) is 0. The van der Waals surface area contributed by atoms with Crippen molar-refractivity contribution in [3.05, 3.63) is 30.9 Å². The summed E-state index contributed by atoms with van der Waals surface area (Å²) in [4.78, 5) is 25.3. The summed E-state index contributed by atoms with van der Waals surface area (Å²) in [5.74, 6) is 1.62. The minimum Gasteiger partial charge on any atom is -0.444 e. The highest BCUT2D eigenvalue weighted by atomic mass is 16.6. The molecule has 1 saturated heterocycles. The highest BCUT2D eigenvalue weighted by Gasteiger charge is 2.27. The minimum absolute atomic E-state index is 0.256. The first-order valence-corrected chi connectivity index (χ1v) is 9.36. The Morgan fingerprint density at radius 1 is 1.14 bits per heavy atom. The van der Waals surface area contributed by atoms with E-state index in [-0.39, 0.29) is 6.09 Å². The quantitative estimate of drug-likeness (QED) is 0.675. The Morgan fingerprint density at radius 3 is 2.54 bits per heavy atom. The van der Waals surface area contributed by atoms with Crippen molar-refractivity contribution in [2.24, 2.45) is 7.05 Å². The SMILES string of the molecule is Cn1cc(-c2ccn3c(N4CCN(C(=O)OC(C)(C)C)CC4)cnc3n2)cn1. The Kier molecular flexibility index (Phi) is 4.44. The van der Waals surface area contributed by atoms with Crippen molar-refractivity contribution in [1.82, 2.24) is 29.0 Å². The predicted octanol–water partition coefficient (Wildman–Crippen LogP) is 2.19. The van der Waals surface area contributed by atoms with Gasteiger partial charge in [-0.3, -0.25) is 9.08 Å². The van der Waals surface area contributed by atoms with Crippen molar-refractivity contribution in [3.8, 4) is 11.3 Å². The number of carbonyl (C=O) groups is 1. The fourth-order valence-electron chi connectivity index (χ4n) is 3.25. The van der Waals surface area contributed by atoms with Crippen LogP contribution < -0.4 is 4.90 Å². The number of aryl methyl sites for hydroxylation is 1. The number of carbonyl (C=O) groups excluding carboxylic acids is 1. The number of amides is 1. The van der Waals surface area contributed by atoms with Crippen molar-refractivity contribution in [2.75, 3.05) is 31.1 Å². The van der Waals surface area contributed by atoms with E-state index < -0.39 is 5.60 Å². The standard InChI is InChI=1S/C19H25N7O2/c1-19(2,3)28-18(27)25-9-7-24(8-10-25)16-12-20-17-22-15(5-6-26(16)17)14-11-21-23(4)13-14/h5-6,11-13H,7-10H2,1-4H3. The van der Waals surface area contributed by atoms with Gasteiger partial charge in [0.2, 0.25) is 5.78 Å². The monoisotopic (exact) mass is 383 g/mol. The molecule has 9 nitrogen and oxygen atoms in total. The van der Waals surface area contributed by atoms with Crippen LogP contribution in [-0.2, 0) is 11.8 Å². The van der Waals surface area contributed by atoms with Gasteiger partial charge in [0.15, 0.2) is 0 Å². The maximum Gasteiger partial charge on any atom is 0.410 e. The van der Waals surface area contributed by atoms with Crippen LogP contribution in [-0.4, -0.2) is 66.9 Å². The van der Waals surface area contributed by atoms with E-state index in [2.05, 4.69) is 20.0 Å². The zero-order valence-corrected chi connectivity index (χ0v) is 16.7. The minimum atomic E-state index is -0.479. The molecule has 0 spiro atoms. The Balaban J connectivity index is 1.48. The highest BCUT2D eigenvalue weighted by molar-refractivity contribution is 5.68. The summed E-state index contributed by atoms with van der Waals surface area (Å²) < 4.78 is 9.19. The van der Waals surface area contributed by atoms with E-state index in [1.807, 2.05) is 56.9 Å². The van der Waals surface area contributed by atoms with Gasteiger partial charge in [0.1, 0.15) is 11.4 Å². The summed E-state index contributed by atoms with van der Waals surface area (Å²) in [7, 11) is 1.88. The maximum atomic E-state index is 12.2. The van der Waals surface area contributed by atoms with Gasteiger partial charge in [0.25, 0.3) is 0 Å². The first-order valence-electron chi connectivity index (χ1n) is 9.36. The molecular formula is C19H25N7O2. The van der Waals surface area contributed by atoms with E-state index in [4.69, 9.17) is 4.74 Å². The van der Waals surface area contributed by atoms with Gasteiger partial charge in [0.05, 0.1) is 18.1 Å². The van der Waals surface area contributed by atoms with Gasteiger partial charge in [0, 0.05) is 51.2 Å². The molecule has 1 fully saturated rings. The zero-order valence-electron chi connectivity index (χ0n) is 16.7. The van der Waals surface area contributed by atoms with Crippen LogP contribution in [0.25, 0.3) is 17.0 Å². The number of rotatable bonds is 2. The molecule has 0 aliphatic carbocycles. The first-order chi connectivity index (χ1) is 13.3. The second kappa shape index (κ2) is 6.81. The van der Waals surface area contributed by atoms with Crippen LogP contribution in [0.4, 0.5) is 10.6 Å². The van der Waals surface area contributed by atoms with E-state index in [1.165, 1.54) is 0 Å². The van der Waals surface area contributed by atoms with E-state index in [9.17, 15) is 4.79 Å². The number of anilines is 1. The first kappa shape index (κ1) is 18.3. The van der Waals surface area contributed by atoms with Crippen molar-refractivity contribution < 1.29 is 9.53 Å². The van der Waals surface area contributed by atoms with E-state index in [1.54, 1.807) is 15.8 Å². The average Bonchev–Trinajstić information content (AvgIpc) is 3.26. The Labute approximate surface area is 163 Å². The molecule has 1 amide bonds. The topological polar surface area (TPSA) is 80.8 Å². The third-order valence-corrected chi connectivity index (χ3v) is 4.62.